The molecular formula is C31H34N2O5S. The number of hydrogen-bond donors (Lipinski definition) is 1. The molecule has 2 heterocycles. The number of methoxy groups -OCH3 is 1. The van der Waals surface area contributed by atoms with E-state index >= 15 is 0 Å². The van der Waals surface area contributed by atoms with Gasteiger partial charge in [-0.2, -0.15) is 0 Å². The second-order valence-corrected chi connectivity index (χ2v) is 11.5. The number of hydrogen-bond acceptors (Lipinski definition) is 6. The van der Waals surface area contributed by atoms with Gasteiger partial charge in [0.1, 0.15) is 5.69 Å². The van der Waals surface area contributed by atoms with E-state index in [4.69, 9.17) is 24.0 Å². The molecule has 7 nitrogen and oxygen atoms in total. The van der Waals surface area contributed by atoms with E-state index in [-0.39, 0.29) is 10.5 Å². The highest BCUT2D eigenvalue weighted by Crippen LogP contribution is 2.36. The topological polar surface area (TPSA) is 105 Å². The summed E-state index contributed by atoms with van der Waals surface area (Å²) in [6.07, 6.45) is 5.31. The monoisotopic (exact) mass is 546 g/mol. The lowest BCUT2D eigenvalue weighted by molar-refractivity contribution is -0.0948. The minimum absolute atomic E-state index is 0.0598. The minimum Gasteiger partial charge on any atom is -0.440 e. The molecule has 3 aromatic carbocycles. The zero-order chi connectivity index (χ0) is 27.3. The summed E-state index contributed by atoms with van der Waals surface area (Å²) >= 11 is 0. The molecule has 0 aliphatic carbocycles. The van der Waals surface area contributed by atoms with Gasteiger partial charge in [-0.25, -0.2) is 18.5 Å². The molecule has 0 amide bonds. The maximum atomic E-state index is 11.7. The summed E-state index contributed by atoms with van der Waals surface area (Å²) in [5, 5.41) is 5.27. The molecule has 4 aromatic rings. The van der Waals surface area contributed by atoms with Gasteiger partial charge >= 0.3 is 0 Å². The lowest BCUT2D eigenvalue weighted by atomic mass is 9.85. The third-order valence-electron chi connectivity index (χ3n) is 7.41. The van der Waals surface area contributed by atoms with Gasteiger partial charge in [-0.15, -0.1) is 0 Å². The van der Waals surface area contributed by atoms with Crippen molar-refractivity contribution in [2.75, 3.05) is 20.3 Å². The van der Waals surface area contributed by atoms with Gasteiger partial charge < -0.3 is 13.9 Å². The Morgan fingerprint density at radius 1 is 0.897 bits per heavy atom. The predicted octanol–water partition coefficient (Wildman–Crippen LogP) is 5.87. The first-order chi connectivity index (χ1) is 18.9. The molecule has 1 saturated heterocycles. The van der Waals surface area contributed by atoms with Gasteiger partial charge in [-0.05, 0) is 54.7 Å². The van der Waals surface area contributed by atoms with Crippen molar-refractivity contribution >= 4 is 10.0 Å². The Hall–Kier alpha value is -3.30. The average Bonchev–Trinajstić information content (AvgIpc) is 3.40. The number of sulfonamides is 1. The maximum absolute atomic E-state index is 11.7. The van der Waals surface area contributed by atoms with Crippen molar-refractivity contribution in [3.63, 3.8) is 0 Å². The molecule has 2 N–H and O–H groups in total. The quantitative estimate of drug-likeness (QED) is 0.249. The molecule has 0 atom stereocenters. The van der Waals surface area contributed by atoms with Crippen LogP contribution in [0.15, 0.2) is 88.2 Å². The van der Waals surface area contributed by atoms with E-state index in [9.17, 15) is 8.42 Å². The summed E-state index contributed by atoms with van der Waals surface area (Å²) in [6, 6.07) is 25.0. The van der Waals surface area contributed by atoms with Gasteiger partial charge in [0.2, 0.25) is 10.0 Å². The fourth-order valence-electron chi connectivity index (χ4n) is 5.18. The first-order valence-electron chi connectivity index (χ1n) is 13.3. The molecular weight excluding hydrogens is 512 g/mol. The van der Waals surface area contributed by atoms with E-state index in [2.05, 4.69) is 24.3 Å². The van der Waals surface area contributed by atoms with Crippen LogP contribution in [0.4, 0.5) is 0 Å². The first-order valence-corrected chi connectivity index (χ1v) is 14.8. The third-order valence-corrected chi connectivity index (χ3v) is 8.34. The number of ether oxygens (including phenoxy) is 2. The summed E-state index contributed by atoms with van der Waals surface area (Å²) in [5.74, 6) is 1.28. The smallest absolute Gasteiger partial charge is 0.238 e. The highest BCUT2D eigenvalue weighted by atomic mass is 32.2. The van der Waals surface area contributed by atoms with Crippen molar-refractivity contribution < 1.29 is 22.3 Å². The van der Waals surface area contributed by atoms with Crippen LogP contribution in [-0.2, 0) is 37.9 Å². The molecule has 1 aliphatic heterocycles. The molecule has 0 unspecified atom stereocenters. The van der Waals surface area contributed by atoms with Gasteiger partial charge in [0, 0.05) is 50.7 Å². The summed E-state index contributed by atoms with van der Waals surface area (Å²) in [5.41, 5.74) is 4.69. The second kappa shape index (κ2) is 11.8. The van der Waals surface area contributed by atoms with Gasteiger partial charge in [-0.1, -0.05) is 54.6 Å². The Morgan fingerprint density at radius 3 is 2.31 bits per heavy atom. The Labute approximate surface area is 230 Å². The molecule has 0 radical (unpaired) electrons. The molecule has 8 heteroatoms. The van der Waals surface area contributed by atoms with E-state index in [1.54, 1.807) is 19.2 Å². The number of oxazole rings is 1. The second-order valence-electron chi connectivity index (χ2n) is 9.94. The van der Waals surface area contributed by atoms with Crippen molar-refractivity contribution in [2.45, 2.75) is 49.0 Å². The normalized spacial score (nSPS) is 15.3. The number of benzene rings is 3. The number of unbranched alkanes of at least 4 members (excludes halogenated alkanes) is 1. The van der Waals surface area contributed by atoms with Crippen molar-refractivity contribution in [1.29, 1.82) is 0 Å². The fraction of sp³-hybridized carbons (Fsp3) is 0.323. The van der Waals surface area contributed by atoms with Crippen LogP contribution in [0.2, 0.25) is 0 Å². The van der Waals surface area contributed by atoms with Crippen LogP contribution in [0, 0.1) is 0 Å². The zero-order valence-electron chi connectivity index (χ0n) is 22.1. The van der Waals surface area contributed by atoms with Gasteiger partial charge in [0.25, 0.3) is 0 Å². The highest BCUT2D eigenvalue weighted by Gasteiger charge is 2.34. The first kappa shape index (κ1) is 27.3. The number of rotatable bonds is 10. The van der Waals surface area contributed by atoms with Crippen LogP contribution in [0.1, 0.15) is 42.7 Å². The lowest BCUT2D eigenvalue weighted by Gasteiger charge is -2.36. The van der Waals surface area contributed by atoms with E-state index in [0.29, 0.717) is 18.1 Å². The van der Waals surface area contributed by atoms with E-state index in [1.165, 1.54) is 23.3 Å². The van der Waals surface area contributed by atoms with Crippen molar-refractivity contribution in [2.24, 2.45) is 5.14 Å². The molecule has 1 aromatic heterocycles. The summed E-state index contributed by atoms with van der Waals surface area (Å²) in [4.78, 5) is 4.89. The predicted molar refractivity (Wildman–Crippen MR) is 151 cm³/mol. The molecule has 39 heavy (non-hydrogen) atoms. The third kappa shape index (κ3) is 6.31. The SMILES string of the molecule is COC1(c2cccc(CCCCc3nc(-c4ccccc4)c(-c4ccc(S(N)(=O)=O)cc4)o3)c2)CCOCC1. The Kier molecular flexibility index (Phi) is 8.28. The highest BCUT2D eigenvalue weighted by molar-refractivity contribution is 7.89. The summed E-state index contributed by atoms with van der Waals surface area (Å²) < 4.78 is 41.1. The lowest BCUT2D eigenvalue weighted by Crippen LogP contribution is -2.35. The minimum atomic E-state index is -3.77. The van der Waals surface area contributed by atoms with Crippen LogP contribution in [0.25, 0.3) is 22.6 Å². The van der Waals surface area contributed by atoms with Gasteiger partial charge in [0.05, 0.1) is 10.5 Å². The van der Waals surface area contributed by atoms with E-state index in [1.807, 2.05) is 30.3 Å². The summed E-state index contributed by atoms with van der Waals surface area (Å²) in [6.45, 7) is 1.44. The van der Waals surface area contributed by atoms with Crippen molar-refractivity contribution in [1.82, 2.24) is 4.98 Å². The Morgan fingerprint density at radius 2 is 1.62 bits per heavy atom. The average molecular weight is 547 g/mol. The number of primary sulfonamides is 1. The number of nitrogens with zero attached hydrogens (tertiary/aromatic N) is 1. The largest absolute Gasteiger partial charge is 0.440 e. The molecule has 0 saturated carbocycles. The van der Waals surface area contributed by atoms with E-state index < -0.39 is 10.0 Å². The molecule has 204 valence electrons. The molecule has 1 aliphatic rings. The maximum Gasteiger partial charge on any atom is 0.238 e. The molecule has 1 fully saturated rings. The molecule has 0 bridgehead atoms. The number of nitrogens with two attached hydrogens (primary N) is 1. The zero-order valence-corrected chi connectivity index (χ0v) is 23.0. The summed E-state index contributed by atoms with van der Waals surface area (Å²) in [7, 11) is -1.98. The fourth-order valence-corrected chi connectivity index (χ4v) is 5.70. The number of aromatic nitrogens is 1. The molecule has 0 spiro atoms. The number of aryl methyl sites for hydroxylation is 2. The van der Waals surface area contributed by atoms with Crippen LogP contribution >= 0.6 is 0 Å². The Bertz CT molecular complexity index is 1490. The van der Waals surface area contributed by atoms with Crippen LogP contribution in [0.5, 0.6) is 0 Å². The van der Waals surface area contributed by atoms with Crippen molar-refractivity contribution in [3.05, 3.63) is 95.9 Å². The Balaban J connectivity index is 1.29. The van der Waals surface area contributed by atoms with Gasteiger partial charge in [-0.3, -0.25) is 0 Å². The van der Waals surface area contributed by atoms with Crippen LogP contribution in [0.3, 0.4) is 0 Å². The van der Waals surface area contributed by atoms with Crippen LogP contribution in [-0.4, -0.2) is 33.7 Å². The standard InChI is InChI=1S/C31H34N2O5S/c1-36-31(18-20-37-21-19-31)26-12-7-9-23(22-26)8-5-6-13-28-33-29(24-10-3-2-4-11-24)30(38-28)25-14-16-27(17-15-25)39(32,34)35/h2-4,7,9-12,14-17,22H,5-6,8,13,18-21H2,1H3,(H2,32,34,35). The molecule has 5 rings (SSSR count). The van der Waals surface area contributed by atoms with Gasteiger partial charge in [0.15, 0.2) is 11.7 Å². The van der Waals surface area contributed by atoms with Crippen LogP contribution < -0.4 is 5.14 Å². The van der Waals surface area contributed by atoms with Crippen molar-refractivity contribution in [3.8, 4) is 22.6 Å². The van der Waals surface area contributed by atoms with E-state index in [0.717, 1.165) is 62.1 Å².